The number of hydrogen-bond donors (Lipinski definition) is 1. The van der Waals surface area contributed by atoms with Gasteiger partial charge in [-0.05, 0) is 12.8 Å². The van der Waals surface area contributed by atoms with Gasteiger partial charge in [0.25, 0.3) is 0 Å². The Balaban J connectivity index is 2.22. The fourth-order valence-corrected chi connectivity index (χ4v) is 2.59. The summed E-state index contributed by atoms with van der Waals surface area (Å²) in [6, 6.07) is 0. The highest BCUT2D eigenvalue weighted by Crippen LogP contribution is 2.41. The Morgan fingerprint density at radius 2 is 2.06 bits per heavy atom. The zero-order chi connectivity index (χ0) is 13.6. The molecule has 2 heterocycles. The molecule has 0 saturated carbocycles. The van der Waals surface area contributed by atoms with Gasteiger partial charge in [-0.3, -0.25) is 9.59 Å². The Morgan fingerprint density at radius 3 is 2.56 bits per heavy atom. The van der Waals surface area contributed by atoms with E-state index in [-0.39, 0.29) is 13.0 Å². The quantitative estimate of drug-likeness (QED) is 0.757. The van der Waals surface area contributed by atoms with Gasteiger partial charge in [-0.15, -0.1) is 0 Å². The maximum atomic E-state index is 12.3. The summed E-state index contributed by atoms with van der Waals surface area (Å²) in [5, 5.41) is 9.20. The highest BCUT2D eigenvalue weighted by molar-refractivity contribution is 5.84. The van der Waals surface area contributed by atoms with Crippen LogP contribution < -0.4 is 0 Å². The molecule has 0 aliphatic carbocycles. The monoisotopic (exact) mass is 267 g/mol. The van der Waals surface area contributed by atoms with Crippen LogP contribution in [0.1, 0.15) is 12.8 Å². The molecular formula is C10H12F3NO4. The number of alkyl halides is 3. The first kappa shape index (κ1) is 13.1. The molecule has 2 atom stereocenters. The molecule has 102 valence electrons. The van der Waals surface area contributed by atoms with Gasteiger partial charge in [0.2, 0.25) is 0 Å². The maximum absolute atomic E-state index is 12.3. The molecule has 2 fully saturated rings. The third kappa shape index (κ3) is 1.94. The zero-order valence-corrected chi connectivity index (χ0v) is 9.37. The second kappa shape index (κ2) is 4.11. The predicted octanol–water partition coefficient (Wildman–Crippen LogP) is 0.641. The summed E-state index contributed by atoms with van der Waals surface area (Å²) < 4.78 is 42.2. The molecule has 1 amide bonds. The van der Waals surface area contributed by atoms with Gasteiger partial charge < -0.3 is 14.7 Å². The van der Waals surface area contributed by atoms with Gasteiger partial charge in [0.15, 0.2) is 0 Å². The number of carbonyl (C=O) groups excluding carboxylic acids is 1. The molecule has 0 aromatic heterocycles. The number of hydrogen-bond acceptors (Lipinski definition) is 3. The van der Waals surface area contributed by atoms with E-state index in [0.717, 1.165) is 0 Å². The molecule has 0 aromatic rings. The van der Waals surface area contributed by atoms with Crippen molar-refractivity contribution >= 4 is 11.9 Å². The highest BCUT2D eigenvalue weighted by Gasteiger charge is 2.58. The summed E-state index contributed by atoms with van der Waals surface area (Å²) in [6.07, 6.45) is -5.13. The van der Waals surface area contributed by atoms with E-state index in [2.05, 4.69) is 0 Å². The van der Waals surface area contributed by atoms with E-state index in [1.807, 2.05) is 0 Å². The van der Waals surface area contributed by atoms with Crippen LogP contribution in [-0.4, -0.2) is 53.9 Å². The third-order valence-corrected chi connectivity index (χ3v) is 3.52. The number of aliphatic carboxylic acids is 1. The number of nitrogens with zero attached hydrogens (tertiary/aromatic N) is 1. The molecule has 1 N–H and O–H groups in total. The minimum Gasteiger partial charge on any atom is -0.481 e. The molecule has 2 saturated heterocycles. The van der Waals surface area contributed by atoms with Crippen LogP contribution in [0.25, 0.3) is 0 Å². The highest BCUT2D eigenvalue weighted by atomic mass is 19.4. The van der Waals surface area contributed by atoms with Crippen molar-refractivity contribution < 1.29 is 32.6 Å². The molecule has 2 rings (SSSR count). The Kier molecular flexibility index (Phi) is 3.00. The lowest BCUT2D eigenvalue weighted by atomic mass is 9.79. The standard InChI is InChI=1S/C10H12F3NO4/c11-10(12,13)7(15)14-4-6-9(5-14,8(16)17)2-1-3-18-6/h6H,1-5H2,(H,16,17)/t6-,9-/m1/s1. The third-order valence-electron chi connectivity index (χ3n) is 3.52. The number of amides is 1. The molecule has 2 aliphatic heterocycles. The van der Waals surface area contributed by atoms with Gasteiger partial charge in [0.1, 0.15) is 5.41 Å². The van der Waals surface area contributed by atoms with Gasteiger partial charge in [0, 0.05) is 19.7 Å². The summed E-state index contributed by atoms with van der Waals surface area (Å²) in [5.74, 6) is -3.20. The predicted molar refractivity (Wildman–Crippen MR) is 51.7 cm³/mol. The second-order valence-corrected chi connectivity index (χ2v) is 4.61. The normalized spacial score (nSPS) is 32.2. The Hall–Kier alpha value is -1.31. The van der Waals surface area contributed by atoms with Crippen LogP contribution in [-0.2, 0) is 14.3 Å². The molecule has 0 spiro atoms. The molecule has 0 unspecified atom stereocenters. The average Bonchev–Trinajstić information content (AvgIpc) is 2.67. The van der Waals surface area contributed by atoms with Crippen molar-refractivity contribution in [3.8, 4) is 0 Å². The smallest absolute Gasteiger partial charge is 0.471 e. The number of rotatable bonds is 1. The lowest BCUT2D eigenvalue weighted by Gasteiger charge is -2.33. The van der Waals surface area contributed by atoms with Crippen LogP contribution in [0.5, 0.6) is 0 Å². The first-order valence-electron chi connectivity index (χ1n) is 5.48. The Morgan fingerprint density at radius 1 is 1.39 bits per heavy atom. The van der Waals surface area contributed by atoms with E-state index < -0.39 is 36.1 Å². The van der Waals surface area contributed by atoms with Crippen LogP contribution in [0.15, 0.2) is 0 Å². The molecule has 0 bridgehead atoms. The van der Waals surface area contributed by atoms with Crippen molar-refractivity contribution in [3.05, 3.63) is 0 Å². The van der Waals surface area contributed by atoms with Crippen molar-refractivity contribution in [1.82, 2.24) is 4.90 Å². The van der Waals surface area contributed by atoms with E-state index in [1.54, 1.807) is 0 Å². The number of ether oxygens (including phenoxy) is 1. The van der Waals surface area contributed by atoms with E-state index in [4.69, 9.17) is 4.74 Å². The fraction of sp³-hybridized carbons (Fsp3) is 0.800. The first-order chi connectivity index (χ1) is 8.27. The van der Waals surface area contributed by atoms with Crippen LogP contribution >= 0.6 is 0 Å². The number of carboxylic acids is 1. The lowest BCUT2D eigenvalue weighted by molar-refractivity contribution is -0.185. The summed E-state index contributed by atoms with van der Waals surface area (Å²) >= 11 is 0. The summed E-state index contributed by atoms with van der Waals surface area (Å²) in [4.78, 5) is 22.9. The molecule has 8 heteroatoms. The Labute approximate surface area is 100 Å². The van der Waals surface area contributed by atoms with E-state index in [9.17, 15) is 27.9 Å². The van der Waals surface area contributed by atoms with Gasteiger partial charge >= 0.3 is 18.1 Å². The molecule has 0 radical (unpaired) electrons. The minimum atomic E-state index is -4.98. The lowest BCUT2D eigenvalue weighted by Crippen LogP contribution is -2.46. The van der Waals surface area contributed by atoms with E-state index >= 15 is 0 Å². The van der Waals surface area contributed by atoms with Crippen LogP contribution in [0.2, 0.25) is 0 Å². The molecule has 2 aliphatic rings. The number of fused-ring (bicyclic) bond motifs is 1. The van der Waals surface area contributed by atoms with Crippen molar-refractivity contribution in [1.29, 1.82) is 0 Å². The molecule has 18 heavy (non-hydrogen) atoms. The number of carbonyl (C=O) groups is 2. The number of carboxylic acid groups (broad SMARTS) is 1. The summed E-state index contributed by atoms with van der Waals surface area (Å²) in [5.41, 5.74) is -1.39. The largest absolute Gasteiger partial charge is 0.481 e. The molecule has 5 nitrogen and oxygen atoms in total. The first-order valence-corrected chi connectivity index (χ1v) is 5.48. The minimum absolute atomic E-state index is 0.231. The van der Waals surface area contributed by atoms with Gasteiger partial charge in [-0.25, -0.2) is 0 Å². The van der Waals surface area contributed by atoms with Crippen LogP contribution in [0.4, 0.5) is 13.2 Å². The fourth-order valence-electron chi connectivity index (χ4n) is 2.59. The van der Waals surface area contributed by atoms with Gasteiger partial charge in [-0.1, -0.05) is 0 Å². The van der Waals surface area contributed by atoms with Crippen molar-refractivity contribution in [2.75, 3.05) is 19.7 Å². The van der Waals surface area contributed by atoms with Gasteiger partial charge in [-0.2, -0.15) is 13.2 Å². The zero-order valence-electron chi connectivity index (χ0n) is 9.37. The summed E-state index contributed by atoms with van der Waals surface area (Å²) in [7, 11) is 0. The van der Waals surface area contributed by atoms with Crippen molar-refractivity contribution in [3.63, 3.8) is 0 Å². The molecular weight excluding hydrogens is 255 g/mol. The average molecular weight is 267 g/mol. The second-order valence-electron chi connectivity index (χ2n) is 4.61. The number of halogens is 3. The topological polar surface area (TPSA) is 66.8 Å². The molecule has 0 aromatic carbocycles. The van der Waals surface area contributed by atoms with Crippen molar-refractivity contribution in [2.45, 2.75) is 25.1 Å². The van der Waals surface area contributed by atoms with E-state index in [1.165, 1.54) is 0 Å². The van der Waals surface area contributed by atoms with Crippen molar-refractivity contribution in [2.24, 2.45) is 5.41 Å². The van der Waals surface area contributed by atoms with Gasteiger partial charge in [0.05, 0.1) is 6.10 Å². The van der Waals surface area contributed by atoms with E-state index in [0.29, 0.717) is 17.9 Å². The van der Waals surface area contributed by atoms with Crippen LogP contribution in [0.3, 0.4) is 0 Å². The SMILES string of the molecule is O=C(N1C[C@H]2OCCC[C@@]2(C(=O)O)C1)C(F)(F)F. The van der Waals surface area contributed by atoms with Crippen LogP contribution in [0, 0.1) is 5.41 Å². The Bertz CT molecular complexity index is 384. The number of likely N-dealkylation sites (tertiary alicyclic amines) is 1. The summed E-state index contributed by atoms with van der Waals surface area (Å²) in [6.45, 7) is -0.441. The maximum Gasteiger partial charge on any atom is 0.471 e.